The molecule has 10 rings (SSSR count). The Bertz CT molecular complexity index is 2180. The topological polar surface area (TPSA) is 6.48 Å². The Morgan fingerprint density at radius 2 is 1.27 bits per heavy atom. The fourth-order valence-corrected chi connectivity index (χ4v) is 10.8. The summed E-state index contributed by atoms with van der Waals surface area (Å²) in [5, 5.41) is 0. The summed E-state index contributed by atoms with van der Waals surface area (Å²) in [4.78, 5) is 7.90. The molecule has 4 aliphatic rings. The lowest BCUT2D eigenvalue weighted by atomic mass is 9.35. The van der Waals surface area contributed by atoms with E-state index in [1.807, 2.05) is 11.8 Å². The highest BCUT2D eigenvalue weighted by atomic mass is 32.2. The van der Waals surface area contributed by atoms with Crippen molar-refractivity contribution in [3.63, 3.8) is 0 Å². The Kier molecular flexibility index (Phi) is 6.15. The van der Waals surface area contributed by atoms with E-state index in [9.17, 15) is 0 Å². The number of rotatable bonds is 4. The van der Waals surface area contributed by atoms with Crippen molar-refractivity contribution in [2.45, 2.75) is 60.3 Å². The second kappa shape index (κ2) is 10.4. The fourth-order valence-electron chi connectivity index (χ4n) is 9.55. The molecule has 0 spiro atoms. The fraction of sp³-hybridized carbons (Fsp3) is 0.182. The van der Waals surface area contributed by atoms with Gasteiger partial charge in [0.1, 0.15) is 0 Å². The predicted octanol–water partition coefficient (Wildman–Crippen LogP) is 9.86. The molecular formula is C44H37BN2S. The van der Waals surface area contributed by atoms with Gasteiger partial charge in [0.2, 0.25) is 6.71 Å². The molecule has 6 aromatic carbocycles. The van der Waals surface area contributed by atoms with Crippen LogP contribution >= 0.6 is 11.8 Å². The van der Waals surface area contributed by atoms with Crippen LogP contribution in [0.25, 0.3) is 11.1 Å². The first-order valence-electron chi connectivity index (χ1n) is 17.4. The van der Waals surface area contributed by atoms with Crippen LogP contribution in [0.1, 0.15) is 45.1 Å². The lowest BCUT2D eigenvalue weighted by molar-refractivity contribution is 0.195. The first-order chi connectivity index (χ1) is 23.5. The lowest BCUT2D eigenvalue weighted by Crippen LogP contribution is -2.63. The van der Waals surface area contributed by atoms with Crippen molar-refractivity contribution in [2.24, 2.45) is 0 Å². The van der Waals surface area contributed by atoms with E-state index < -0.39 is 0 Å². The van der Waals surface area contributed by atoms with Gasteiger partial charge >= 0.3 is 0 Å². The first-order valence-corrected chi connectivity index (χ1v) is 18.3. The average molecular weight is 637 g/mol. The van der Waals surface area contributed by atoms with E-state index in [0.29, 0.717) is 0 Å². The number of fused-ring (bicyclic) bond motifs is 7. The predicted molar refractivity (Wildman–Crippen MR) is 205 cm³/mol. The Morgan fingerprint density at radius 3 is 2.02 bits per heavy atom. The van der Waals surface area contributed by atoms with Gasteiger partial charge in [-0.2, -0.15) is 0 Å². The van der Waals surface area contributed by atoms with E-state index in [4.69, 9.17) is 0 Å². The van der Waals surface area contributed by atoms with E-state index in [0.717, 1.165) is 17.1 Å². The van der Waals surface area contributed by atoms with Gasteiger partial charge in [-0.05, 0) is 102 Å². The molecule has 1 aliphatic carbocycles. The molecule has 4 heteroatoms. The third-order valence-corrected chi connectivity index (χ3v) is 13.2. The molecule has 232 valence electrons. The van der Waals surface area contributed by atoms with Crippen molar-refractivity contribution < 1.29 is 0 Å². The van der Waals surface area contributed by atoms with Crippen molar-refractivity contribution >= 4 is 63.3 Å². The number of anilines is 5. The van der Waals surface area contributed by atoms with E-state index in [-0.39, 0.29) is 17.7 Å². The highest BCUT2D eigenvalue weighted by Gasteiger charge is 2.60. The van der Waals surface area contributed by atoms with Gasteiger partial charge in [0.25, 0.3) is 0 Å². The molecule has 0 amide bonds. The Labute approximate surface area is 288 Å². The summed E-state index contributed by atoms with van der Waals surface area (Å²) in [7, 11) is 0. The third-order valence-electron chi connectivity index (χ3n) is 12.1. The third kappa shape index (κ3) is 3.84. The summed E-state index contributed by atoms with van der Waals surface area (Å²) in [6.07, 6.45) is 5.13. The van der Waals surface area contributed by atoms with Crippen molar-refractivity contribution in [1.82, 2.24) is 0 Å². The minimum Gasteiger partial charge on any atom is -0.335 e. The van der Waals surface area contributed by atoms with Gasteiger partial charge < -0.3 is 9.80 Å². The van der Waals surface area contributed by atoms with Gasteiger partial charge in [0.15, 0.2) is 0 Å². The average Bonchev–Trinajstić information content (AvgIpc) is 3.35. The van der Waals surface area contributed by atoms with Gasteiger partial charge in [0.05, 0.1) is 5.54 Å². The SMILES string of the molecule is CC12CCCCC1(C)N1c3cccc4c3B(c3ccc(-c5ccc(N(c6ccccc6)c6ccccc6)cc5)cc3S4)c3cccc2c31. The van der Waals surface area contributed by atoms with E-state index >= 15 is 0 Å². The molecule has 3 heterocycles. The number of benzene rings is 6. The number of nitrogens with zero attached hydrogens (tertiary/aromatic N) is 2. The molecule has 1 saturated carbocycles. The number of para-hydroxylation sites is 3. The summed E-state index contributed by atoms with van der Waals surface area (Å²) in [5.74, 6) is 0. The van der Waals surface area contributed by atoms with Gasteiger partial charge in [-0.25, -0.2) is 0 Å². The number of hydrogen-bond donors (Lipinski definition) is 0. The van der Waals surface area contributed by atoms with Crippen LogP contribution in [0.3, 0.4) is 0 Å². The minimum absolute atomic E-state index is 0.0986. The molecule has 0 bridgehead atoms. The first kappa shape index (κ1) is 28.4. The molecule has 0 aromatic heterocycles. The van der Waals surface area contributed by atoms with Gasteiger partial charge in [-0.3, -0.25) is 0 Å². The minimum atomic E-state index is 0.0986. The maximum absolute atomic E-state index is 2.79. The zero-order chi connectivity index (χ0) is 32.0. The molecule has 2 nitrogen and oxygen atoms in total. The van der Waals surface area contributed by atoms with Crippen LogP contribution in [0.5, 0.6) is 0 Å². The Balaban J connectivity index is 1.06. The smallest absolute Gasteiger partial charge is 0.249 e. The highest BCUT2D eigenvalue weighted by Crippen LogP contribution is 2.61. The van der Waals surface area contributed by atoms with E-state index in [1.165, 1.54) is 74.4 Å². The maximum Gasteiger partial charge on any atom is 0.249 e. The van der Waals surface area contributed by atoms with Gasteiger partial charge in [-0.1, -0.05) is 122 Å². The molecule has 3 aliphatic heterocycles. The Hall–Kier alpha value is -4.67. The monoisotopic (exact) mass is 636 g/mol. The molecule has 48 heavy (non-hydrogen) atoms. The van der Waals surface area contributed by atoms with Gasteiger partial charge in [0, 0.05) is 43.6 Å². The largest absolute Gasteiger partial charge is 0.335 e. The lowest BCUT2D eigenvalue weighted by Gasteiger charge is -2.52. The second-order valence-corrected chi connectivity index (χ2v) is 15.5. The quantitative estimate of drug-likeness (QED) is 0.178. The van der Waals surface area contributed by atoms with Crippen LogP contribution < -0.4 is 26.2 Å². The molecule has 2 atom stereocenters. The number of hydrogen-bond acceptors (Lipinski definition) is 3. The molecular weight excluding hydrogens is 599 g/mol. The van der Waals surface area contributed by atoms with Crippen LogP contribution in [0.15, 0.2) is 149 Å². The molecule has 0 radical (unpaired) electrons. The maximum atomic E-state index is 2.79. The highest BCUT2D eigenvalue weighted by molar-refractivity contribution is 8.00. The van der Waals surface area contributed by atoms with Crippen LogP contribution in [0, 0.1) is 0 Å². The summed E-state index contributed by atoms with van der Waals surface area (Å²) in [5.41, 5.74) is 15.2. The second-order valence-electron chi connectivity index (χ2n) is 14.4. The van der Waals surface area contributed by atoms with Gasteiger partial charge in [-0.15, -0.1) is 0 Å². The molecule has 6 aromatic rings. The molecule has 2 unspecified atom stereocenters. The van der Waals surface area contributed by atoms with Crippen LogP contribution in [0.4, 0.5) is 28.4 Å². The zero-order valence-corrected chi connectivity index (χ0v) is 28.3. The standard InChI is InChI=1S/C44H37BN2S/c1-43-27-9-10-28-44(43,2)47-38-19-12-20-39-41(38)45(37-18-11-17-35(43)42(37)47)36-26-23-31(29-40(36)48-39)30-21-24-34(25-22-30)46(32-13-5-3-6-14-32)33-15-7-4-8-16-33/h3-8,11-26,29H,9-10,27-28H2,1-2H3. The van der Waals surface area contributed by atoms with Crippen molar-refractivity contribution in [3.8, 4) is 11.1 Å². The van der Waals surface area contributed by atoms with Crippen molar-refractivity contribution in [3.05, 3.63) is 145 Å². The van der Waals surface area contributed by atoms with Crippen LogP contribution in [-0.4, -0.2) is 12.3 Å². The molecule has 0 saturated heterocycles. The van der Waals surface area contributed by atoms with E-state index in [1.54, 1.807) is 5.56 Å². The normalized spacial score (nSPS) is 21.2. The Morgan fingerprint density at radius 1 is 0.604 bits per heavy atom. The zero-order valence-electron chi connectivity index (χ0n) is 27.5. The van der Waals surface area contributed by atoms with E-state index in [2.05, 4.69) is 163 Å². The van der Waals surface area contributed by atoms with Crippen LogP contribution in [-0.2, 0) is 5.41 Å². The summed E-state index contributed by atoms with van der Waals surface area (Å²) >= 11 is 1.96. The summed E-state index contributed by atoms with van der Waals surface area (Å²) in [6, 6.07) is 51.8. The van der Waals surface area contributed by atoms with Crippen LogP contribution in [0.2, 0.25) is 0 Å². The van der Waals surface area contributed by atoms with Crippen molar-refractivity contribution in [1.29, 1.82) is 0 Å². The molecule has 1 fully saturated rings. The molecule has 0 N–H and O–H groups in total. The summed E-state index contributed by atoms with van der Waals surface area (Å²) < 4.78 is 0. The summed E-state index contributed by atoms with van der Waals surface area (Å²) in [6.45, 7) is 5.36. The van der Waals surface area contributed by atoms with Crippen molar-refractivity contribution in [2.75, 3.05) is 9.80 Å².